The Morgan fingerprint density at radius 2 is 2.50 bits per heavy atom. The SMILES string of the molecule is CCC=NSC. The Morgan fingerprint density at radius 1 is 1.83 bits per heavy atom. The molecule has 0 N–H and O–H groups in total. The quantitative estimate of drug-likeness (QED) is 0.383. The minimum absolute atomic E-state index is 1.04. The molecule has 0 atom stereocenters. The van der Waals surface area contributed by atoms with E-state index in [0.29, 0.717) is 0 Å². The maximum Gasteiger partial charge on any atom is 0.0123 e. The van der Waals surface area contributed by atoms with Crippen molar-refractivity contribution >= 4 is 18.2 Å². The average Bonchev–Trinajstić information content (AvgIpc) is 1.61. The number of rotatable bonds is 2. The third kappa shape index (κ3) is 4.02. The van der Waals surface area contributed by atoms with Crippen LogP contribution in [0.2, 0.25) is 0 Å². The Kier molecular flexibility index (Phi) is 5.04. The summed E-state index contributed by atoms with van der Waals surface area (Å²) in [4.78, 5) is 0. The molecule has 1 nitrogen and oxygen atoms in total. The molecule has 0 saturated heterocycles. The molecule has 36 valence electrons. The van der Waals surface area contributed by atoms with Gasteiger partial charge < -0.3 is 0 Å². The van der Waals surface area contributed by atoms with Gasteiger partial charge in [0.15, 0.2) is 0 Å². The highest BCUT2D eigenvalue weighted by Crippen LogP contribution is 1.89. The molecule has 0 heterocycles. The first-order valence-electron chi connectivity index (χ1n) is 1.96. The minimum Gasteiger partial charge on any atom is -0.229 e. The number of nitrogens with zero attached hydrogens (tertiary/aromatic N) is 1. The predicted octanol–water partition coefficient (Wildman–Crippen LogP) is 1.75. The molecule has 0 aromatic heterocycles. The summed E-state index contributed by atoms with van der Waals surface area (Å²) in [7, 11) is 0. The van der Waals surface area contributed by atoms with Crippen LogP contribution in [0.4, 0.5) is 0 Å². The van der Waals surface area contributed by atoms with E-state index in [2.05, 4.69) is 11.3 Å². The Balaban J connectivity index is 2.73. The van der Waals surface area contributed by atoms with E-state index in [-0.39, 0.29) is 0 Å². The van der Waals surface area contributed by atoms with Gasteiger partial charge >= 0.3 is 0 Å². The second kappa shape index (κ2) is 5.02. The third-order valence-corrected chi connectivity index (χ3v) is 0.722. The van der Waals surface area contributed by atoms with E-state index in [4.69, 9.17) is 0 Å². The van der Waals surface area contributed by atoms with Gasteiger partial charge in [0.1, 0.15) is 0 Å². The molecule has 0 radical (unpaired) electrons. The summed E-state index contributed by atoms with van der Waals surface area (Å²) in [6.45, 7) is 2.07. The van der Waals surface area contributed by atoms with Crippen LogP contribution < -0.4 is 0 Å². The largest absolute Gasteiger partial charge is 0.229 e. The summed E-state index contributed by atoms with van der Waals surface area (Å²) in [6, 6.07) is 0. The van der Waals surface area contributed by atoms with Crippen LogP contribution in [0.15, 0.2) is 4.40 Å². The van der Waals surface area contributed by atoms with E-state index >= 15 is 0 Å². The lowest BCUT2D eigenvalue weighted by Gasteiger charge is -1.72. The van der Waals surface area contributed by atoms with Gasteiger partial charge in [0.25, 0.3) is 0 Å². The number of hydrogen-bond donors (Lipinski definition) is 0. The van der Waals surface area contributed by atoms with Crippen LogP contribution in [-0.4, -0.2) is 12.5 Å². The average molecular weight is 103 g/mol. The van der Waals surface area contributed by atoms with Crippen LogP contribution >= 0.6 is 11.9 Å². The first-order chi connectivity index (χ1) is 2.91. The monoisotopic (exact) mass is 103 g/mol. The summed E-state index contributed by atoms with van der Waals surface area (Å²) < 4.78 is 3.88. The zero-order valence-electron chi connectivity index (χ0n) is 4.14. The van der Waals surface area contributed by atoms with Gasteiger partial charge in [-0.15, -0.1) is 0 Å². The molecule has 0 aromatic rings. The first kappa shape index (κ1) is 6.02. The van der Waals surface area contributed by atoms with Crippen LogP contribution in [0.1, 0.15) is 13.3 Å². The van der Waals surface area contributed by atoms with Gasteiger partial charge in [-0.25, -0.2) is 4.40 Å². The summed E-state index contributed by atoms with van der Waals surface area (Å²) >= 11 is 1.50. The molecular formula is C4H9NS. The maximum atomic E-state index is 3.88. The molecule has 0 aromatic carbocycles. The Labute approximate surface area is 43.0 Å². The van der Waals surface area contributed by atoms with E-state index in [9.17, 15) is 0 Å². The van der Waals surface area contributed by atoms with Crippen LogP contribution in [0.25, 0.3) is 0 Å². The van der Waals surface area contributed by atoms with E-state index in [0.717, 1.165) is 6.42 Å². The van der Waals surface area contributed by atoms with Gasteiger partial charge in [-0.2, -0.15) is 0 Å². The van der Waals surface area contributed by atoms with Crippen molar-refractivity contribution < 1.29 is 0 Å². The van der Waals surface area contributed by atoms with Crippen molar-refractivity contribution in [3.63, 3.8) is 0 Å². The highest BCUT2D eigenvalue weighted by Gasteiger charge is 1.60. The molecule has 0 bridgehead atoms. The van der Waals surface area contributed by atoms with Crippen molar-refractivity contribution in [3.8, 4) is 0 Å². The molecule has 0 aliphatic rings. The molecule has 6 heavy (non-hydrogen) atoms. The van der Waals surface area contributed by atoms with Crippen molar-refractivity contribution in [1.82, 2.24) is 0 Å². The van der Waals surface area contributed by atoms with Crippen LogP contribution in [0.3, 0.4) is 0 Å². The van der Waals surface area contributed by atoms with Crippen molar-refractivity contribution in [2.24, 2.45) is 4.40 Å². The Bertz CT molecular complexity index is 36.8. The summed E-state index contributed by atoms with van der Waals surface area (Å²) in [5.41, 5.74) is 0. The molecule has 0 rings (SSSR count). The fraction of sp³-hybridized carbons (Fsp3) is 0.750. The minimum atomic E-state index is 1.04. The highest BCUT2D eigenvalue weighted by atomic mass is 32.2. The lowest BCUT2D eigenvalue weighted by Crippen LogP contribution is -1.59. The first-order valence-corrected chi connectivity index (χ1v) is 3.15. The lowest BCUT2D eigenvalue weighted by molar-refractivity contribution is 1.33. The fourth-order valence-electron chi connectivity index (χ4n) is 0.149. The molecular weight excluding hydrogens is 94.1 g/mol. The lowest BCUT2D eigenvalue weighted by atomic mass is 10.6. The highest BCUT2D eigenvalue weighted by molar-refractivity contribution is 7.97. The Morgan fingerprint density at radius 3 is 2.67 bits per heavy atom. The maximum absolute atomic E-state index is 3.88. The summed E-state index contributed by atoms with van der Waals surface area (Å²) in [6.07, 6.45) is 4.89. The van der Waals surface area contributed by atoms with E-state index in [1.807, 2.05) is 12.5 Å². The molecule has 0 aliphatic carbocycles. The molecule has 0 aliphatic heterocycles. The number of hydrogen-bond acceptors (Lipinski definition) is 2. The second-order valence-electron chi connectivity index (χ2n) is 0.879. The fourth-order valence-corrected chi connectivity index (χ4v) is 0.447. The van der Waals surface area contributed by atoms with Crippen molar-refractivity contribution in [3.05, 3.63) is 0 Å². The van der Waals surface area contributed by atoms with Crippen molar-refractivity contribution in [2.45, 2.75) is 13.3 Å². The molecule has 0 amide bonds. The van der Waals surface area contributed by atoms with Gasteiger partial charge in [0, 0.05) is 12.5 Å². The van der Waals surface area contributed by atoms with Gasteiger partial charge in [-0.05, 0) is 18.4 Å². The van der Waals surface area contributed by atoms with E-state index < -0.39 is 0 Å². The molecule has 0 fully saturated rings. The van der Waals surface area contributed by atoms with Gasteiger partial charge in [-0.3, -0.25) is 0 Å². The van der Waals surface area contributed by atoms with Gasteiger partial charge in [0.05, 0.1) is 0 Å². The standard InChI is InChI=1S/C4H9NS/c1-3-4-5-6-2/h4H,3H2,1-2H3. The van der Waals surface area contributed by atoms with E-state index in [1.165, 1.54) is 11.9 Å². The zero-order chi connectivity index (χ0) is 4.83. The van der Waals surface area contributed by atoms with Crippen LogP contribution in [0.5, 0.6) is 0 Å². The normalized spacial score (nSPS) is 10.3. The second-order valence-corrected chi connectivity index (χ2v) is 1.45. The van der Waals surface area contributed by atoms with E-state index in [1.54, 1.807) is 0 Å². The van der Waals surface area contributed by atoms with Crippen molar-refractivity contribution in [1.29, 1.82) is 0 Å². The topological polar surface area (TPSA) is 12.4 Å². The third-order valence-electron chi connectivity index (χ3n) is 0.363. The zero-order valence-corrected chi connectivity index (χ0v) is 4.96. The Hall–Kier alpha value is 0.0200. The molecule has 0 unspecified atom stereocenters. The predicted molar refractivity (Wildman–Crippen MR) is 32.3 cm³/mol. The molecule has 2 heteroatoms. The van der Waals surface area contributed by atoms with Gasteiger partial charge in [0.2, 0.25) is 0 Å². The molecule has 0 saturated carbocycles. The van der Waals surface area contributed by atoms with Crippen LogP contribution in [-0.2, 0) is 0 Å². The van der Waals surface area contributed by atoms with Crippen LogP contribution in [0, 0.1) is 0 Å². The summed E-state index contributed by atoms with van der Waals surface area (Å²) in [5.74, 6) is 0. The van der Waals surface area contributed by atoms with Crippen molar-refractivity contribution in [2.75, 3.05) is 6.26 Å². The molecule has 0 spiro atoms. The smallest absolute Gasteiger partial charge is 0.0123 e. The summed E-state index contributed by atoms with van der Waals surface area (Å²) in [5, 5.41) is 0. The van der Waals surface area contributed by atoms with Gasteiger partial charge in [-0.1, -0.05) is 6.92 Å².